The van der Waals surface area contributed by atoms with E-state index in [2.05, 4.69) is 44.7 Å². The Labute approximate surface area is 214 Å². The Morgan fingerprint density at radius 2 is 1.74 bits per heavy atom. The Hall–Kier alpha value is -2.93. The molecule has 1 fully saturated rings. The lowest BCUT2D eigenvalue weighted by Crippen LogP contribution is -2.29. The van der Waals surface area contributed by atoms with E-state index in [1.54, 1.807) is 6.07 Å². The standard InChI is InChI=1S/C26H23Cl2N5S/c1-16-13-20(17(2)33(16)23-10-9-18(27)14-21(23)28)25-24(22-8-4-6-12-30-22)31-26(34)32(25)15-19-7-3-5-11-29-19/h3-14,24-25H,15H2,1-2H3,(H,31,34)/t24-,25-/m0/s1. The van der Waals surface area contributed by atoms with Crippen molar-refractivity contribution >= 4 is 40.5 Å². The van der Waals surface area contributed by atoms with Crippen LogP contribution >= 0.6 is 35.4 Å². The second-order valence-corrected chi connectivity index (χ2v) is 9.56. The van der Waals surface area contributed by atoms with Gasteiger partial charge in [0.1, 0.15) is 0 Å². The van der Waals surface area contributed by atoms with Gasteiger partial charge in [-0.25, -0.2) is 0 Å². The van der Waals surface area contributed by atoms with Gasteiger partial charge < -0.3 is 14.8 Å². The van der Waals surface area contributed by atoms with Gasteiger partial charge in [0.15, 0.2) is 5.11 Å². The Kier molecular flexibility index (Phi) is 6.30. The van der Waals surface area contributed by atoms with Crippen molar-refractivity contribution in [3.8, 4) is 5.69 Å². The fourth-order valence-corrected chi connectivity index (χ4v) is 5.50. The van der Waals surface area contributed by atoms with Gasteiger partial charge in [-0.05, 0) is 80.2 Å². The van der Waals surface area contributed by atoms with Crippen LogP contribution in [0.5, 0.6) is 0 Å². The van der Waals surface area contributed by atoms with Crippen LogP contribution in [-0.2, 0) is 6.54 Å². The van der Waals surface area contributed by atoms with Crippen LogP contribution < -0.4 is 5.32 Å². The number of hydrogen-bond acceptors (Lipinski definition) is 3. The van der Waals surface area contributed by atoms with Gasteiger partial charge in [-0.3, -0.25) is 9.97 Å². The van der Waals surface area contributed by atoms with Crippen LogP contribution in [0.4, 0.5) is 0 Å². The van der Waals surface area contributed by atoms with Gasteiger partial charge in [-0.2, -0.15) is 0 Å². The van der Waals surface area contributed by atoms with Gasteiger partial charge in [0.25, 0.3) is 0 Å². The first-order valence-corrected chi connectivity index (χ1v) is 12.1. The average Bonchev–Trinajstić information content (AvgIpc) is 3.30. The molecule has 8 heteroatoms. The molecular formula is C26H23Cl2N5S. The molecule has 1 N–H and O–H groups in total. The van der Waals surface area contributed by atoms with E-state index in [9.17, 15) is 0 Å². The summed E-state index contributed by atoms with van der Waals surface area (Å²) in [5, 5.41) is 5.41. The summed E-state index contributed by atoms with van der Waals surface area (Å²) in [5.41, 5.74) is 6.10. The van der Waals surface area contributed by atoms with Crippen molar-refractivity contribution in [2.45, 2.75) is 32.5 Å². The maximum absolute atomic E-state index is 6.59. The minimum absolute atomic E-state index is 0.0737. The molecule has 0 saturated carbocycles. The van der Waals surface area contributed by atoms with Crippen LogP contribution in [-0.4, -0.2) is 24.5 Å². The minimum atomic E-state index is -0.105. The quantitative estimate of drug-likeness (QED) is 0.318. The van der Waals surface area contributed by atoms with Crippen molar-refractivity contribution in [1.82, 2.24) is 24.8 Å². The number of aryl methyl sites for hydroxylation is 1. The van der Waals surface area contributed by atoms with E-state index in [1.807, 2.05) is 60.9 Å². The summed E-state index contributed by atoms with van der Waals surface area (Å²) in [5.74, 6) is 0. The van der Waals surface area contributed by atoms with Gasteiger partial charge >= 0.3 is 0 Å². The van der Waals surface area contributed by atoms with E-state index in [1.165, 1.54) is 0 Å². The number of benzene rings is 1. The van der Waals surface area contributed by atoms with Gasteiger partial charge in [0.05, 0.1) is 40.7 Å². The molecule has 1 aromatic carbocycles. The van der Waals surface area contributed by atoms with Crippen LogP contribution in [0.25, 0.3) is 5.69 Å². The van der Waals surface area contributed by atoms with Crippen molar-refractivity contribution in [3.63, 3.8) is 0 Å². The fraction of sp³-hybridized carbons (Fsp3) is 0.192. The minimum Gasteiger partial charge on any atom is -0.352 e. The van der Waals surface area contributed by atoms with E-state index in [0.29, 0.717) is 21.7 Å². The Bertz CT molecular complexity index is 1340. The summed E-state index contributed by atoms with van der Waals surface area (Å²) in [6, 6.07) is 19.5. The summed E-state index contributed by atoms with van der Waals surface area (Å²) in [7, 11) is 0. The van der Waals surface area contributed by atoms with Crippen molar-refractivity contribution in [2.75, 3.05) is 0 Å². The molecule has 0 bridgehead atoms. The van der Waals surface area contributed by atoms with Crippen LogP contribution in [0, 0.1) is 13.8 Å². The lowest BCUT2D eigenvalue weighted by atomic mass is 9.96. The molecule has 0 aliphatic carbocycles. The van der Waals surface area contributed by atoms with Crippen molar-refractivity contribution in [1.29, 1.82) is 0 Å². The first kappa shape index (κ1) is 22.8. The third kappa shape index (κ3) is 4.17. The SMILES string of the molecule is Cc1cc([C@H]2[C@H](c3ccccn3)NC(=S)N2Cc2ccccn2)c(C)n1-c1ccc(Cl)cc1Cl. The number of pyridine rings is 2. The molecule has 5 rings (SSSR count). The molecule has 0 spiro atoms. The van der Waals surface area contributed by atoms with Crippen molar-refractivity contribution < 1.29 is 0 Å². The Morgan fingerprint density at radius 1 is 0.971 bits per heavy atom. The first-order chi connectivity index (χ1) is 16.4. The highest BCUT2D eigenvalue weighted by Gasteiger charge is 2.41. The van der Waals surface area contributed by atoms with Gasteiger partial charge in [-0.15, -0.1) is 0 Å². The summed E-state index contributed by atoms with van der Waals surface area (Å²) >= 11 is 18.6. The second-order valence-electron chi connectivity index (χ2n) is 8.33. The number of hydrogen-bond donors (Lipinski definition) is 1. The lowest BCUT2D eigenvalue weighted by molar-refractivity contribution is 0.307. The third-order valence-electron chi connectivity index (χ3n) is 6.20. The highest BCUT2D eigenvalue weighted by atomic mass is 35.5. The molecular weight excluding hydrogens is 485 g/mol. The summed E-state index contributed by atoms with van der Waals surface area (Å²) in [4.78, 5) is 11.4. The van der Waals surface area contributed by atoms with Crippen LogP contribution in [0.15, 0.2) is 73.1 Å². The summed E-state index contributed by atoms with van der Waals surface area (Å²) in [6.45, 7) is 4.79. The van der Waals surface area contributed by atoms with E-state index in [4.69, 9.17) is 35.4 Å². The molecule has 2 atom stereocenters. The van der Waals surface area contributed by atoms with Gasteiger partial charge in [0, 0.05) is 28.8 Å². The zero-order valence-electron chi connectivity index (χ0n) is 18.7. The predicted molar refractivity (Wildman–Crippen MR) is 140 cm³/mol. The fourth-order valence-electron chi connectivity index (χ4n) is 4.70. The number of rotatable bonds is 5. The highest BCUT2D eigenvalue weighted by Crippen LogP contribution is 2.42. The van der Waals surface area contributed by atoms with Gasteiger partial charge in [0.2, 0.25) is 0 Å². The number of nitrogens with zero attached hydrogens (tertiary/aromatic N) is 4. The Morgan fingerprint density at radius 3 is 2.41 bits per heavy atom. The smallest absolute Gasteiger partial charge is 0.170 e. The molecule has 172 valence electrons. The van der Waals surface area contributed by atoms with E-state index in [0.717, 1.165) is 34.0 Å². The maximum atomic E-state index is 6.59. The molecule has 0 unspecified atom stereocenters. The molecule has 0 radical (unpaired) electrons. The summed E-state index contributed by atoms with van der Waals surface area (Å²) in [6.07, 6.45) is 3.62. The van der Waals surface area contributed by atoms with Crippen LogP contribution in [0.1, 0.15) is 40.4 Å². The first-order valence-electron chi connectivity index (χ1n) is 11.0. The van der Waals surface area contributed by atoms with Gasteiger partial charge in [-0.1, -0.05) is 35.3 Å². The van der Waals surface area contributed by atoms with E-state index < -0.39 is 0 Å². The van der Waals surface area contributed by atoms with E-state index in [-0.39, 0.29) is 12.1 Å². The van der Waals surface area contributed by atoms with E-state index >= 15 is 0 Å². The molecule has 1 aliphatic heterocycles. The predicted octanol–water partition coefficient (Wildman–Crippen LogP) is 6.36. The maximum Gasteiger partial charge on any atom is 0.170 e. The van der Waals surface area contributed by atoms with Crippen molar-refractivity contribution in [3.05, 3.63) is 111 Å². The molecule has 5 nitrogen and oxygen atoms in total. The molecule has 4 aromatic rings. The average molecular weight is 508 g/mol. The number of thiocarbonyl (C=S) groups is 1. The molecule has 34 heavy (non-hydrogen) atoms. The number of aromatic nitrogens is 3. The zero-order valence-corrected chi connectivity index (χ0v) is 21.1. The lowest BCUT2D eigenvalue weighted by Gasteiger charge is -2.28. The third-order valence-corrected chi connectivity index (χ3v) is 7.09. The Balaban J connectivity index is 1.63. The summed E-state index contributed by atoms with van der Waals surface area (Å²) < 4.78 is 2.17. The molecule has 4 heterocycles. The number of halogens is 2. The molecule has 3 aromatic heterocycles. The second kappa shape index (κ2) is 9.37. The van der Waals surface area contributed by atoms with Crippen LogP contribution in [0.2, 0.25) is 10.0 Å². The number of nitrogens with one attached hydrogen (secondary N) is 1. The molecule has 0 amide bonds. The van der Waals surface area contributed by atoms with Crippen LogP contribution in [0.3, 0.4) is 0 Å². The monoisotopic (exact) mass is 507 g/mol. The normalized spacial score (nSPS) is 17.8. The van der Waals surface area contributed by atoms with Crippen molar-refractivity contribution in [2.24, 2.45) is 0 Å². The largest absolute Gasteiger partial charge is 0.352 e. The highest BCUT2D eigenvalue weighted by molar-refractivity contribution is 7.80. The zero-order chi connectivity index (χ0) is 23.8. The molecule has 1 aliphatic rings. The topological polar surface area (TPSA) is 46.0 Å². The molecule has 1 saturated heterocycles.